The Bertz CT molecular complexity index is 1120. The molecule has 3 aromatic rings. The number of carbonyl (C=O) groups is 2. The van der Waals surface area contributed by atoms with Gasteiger partial charge >= 0.3 is 6.09 Å². The van der Waals surface area contributed by atoms with Crippen molar-refractivity contribution in [3.8, 4) is 5.75 Å². The zero-order valence-corrected chi connectivity index (χ0v) is 18.5. The van der Waals surface area contributed by atoms with Gasteiger partial charge in [0, 0.05) is 23.5 Å². The zero-order valence-electron chi connectivity index (χ0n) is 18.5. The summed E-state index contributed by atoms with van der Waals surface area (Å²) in [6, 6.07) is 11.1. The molecular weight excluding hydrogens is 406 g/mol. The molecule has 0 radical (unpaired) electrons. The van der Waals surface area contributed by atoms with Gasteiger partial charge in [0.2, 0.25) is 5.91 Å². The number of ether oxygens (including phenoxy) is 2. The van der Waals surface area contributed by atoms with Crippen LogP contribution in [0.5, 0.6) is 5.75 Å². The summed E-state index contributed by atoms with van der Waals surface area (Å²) in [5, 5.41) is 6.70. The minimum absolute atomic E-state index is 0.228. The number of methoxy groups -OCH3 is 1. The number of para-hydroxylation sites is 1. The fraction of sp³-hybridized carbons (Fsp3) is 0.360. The zero-order chi connectivity index (χ0) is 22.5. The second-order valence-corrected chi connectivity index (χ2v) is 8.00. The molecule has 0 unspecified atom stereocenters. The Kier molecular flexibility index (Phi) is 6.63. The van der Waals surface area contributed by atoms with Gasteiger partial charge in [0.15, 0.2) is 0 Å². The number of alkyl carbamates (subject to hydrolysis) is 1. The van der Waals surface area contributed by atoms with Crippen LogP contribution in [0.4, 0.5) is 10.5 Å². The van der Waals surface area contributed by atoms with E-state index in [0.717, 1.165) is 42.1 Å². The van der Waals surface area contributed by atoms with Gasteiger partial charge in [-0.25, -0.2) is 4.79 Å². The van der Waals surface area contributed by atoms with Gasteiger partial charge in [-0.15, -0.1) is 0 Å². The molecule has 2 aromatic carbocycles. The first-order valence-corrected chi connectivity index (χ1v) is 11.1. The van der Waals surface area contributed by atoms with Crippen LogP contribution < -0.4 is 15.4 Å². The number of aryl methyl sites for hydroxylation is 2. The van der Waals surface area contributed by atoms with Crippen LogP contribution in [0.25, 0.3) is 10.9 Å². The number of nitrogens with one attached hydrogen (secondary N) is 3. The normalized spacial score (nSPS) is 13.8. The fourth-order valence-corrected chi connectivity index (χ4v) is 4.29. The first kappa shape index (κ1) is 21.7. The van der Waals surface area contributed by atoms with Gasteiger partial charge in [-0.05, 0) is 67.5 Å². The van der Waals surface area contributed by atoms with E-state index in [1.54, 1.807) is 14.0 Å². The number of carbonyl (C=O) groups excluding carboxylic acids is 2. The molecule has 3 N–H and O–H groups in total. The molecule has 2 amide bonds. The van der Waals surface area contributed by atoms with E-state index in [4.69, 9.17) is 9.47 Å². The number of rotatable bonds is 7. The van der Waals surface area contributed by atoms with Crippen LogP contribution in [0.3, 0.4) is 0 Å². The highest BCUT2D eigenvalue weighted by molar-refractivity contribution is 5.98. The van der Waals surface area contributed by atoms with Gasteiger partial charge in [-0.3, -0.25) is 4.79 Å². The lowest BCUT2D eigenvalue weighted by Crippen LogP contribution is -2.45. The molecule has 0 aliphatic heterocycles. The number of hydrogen-bond acceptors (Lipinski definition) is 4. The molecule has 1 aliphatic carbocycles. The lowest BCUT2D eigenvalue weighted by molar-refractivity contribution is -0.118. The summed E-state index contributed by atoms with van der Waals surface area (Å²) in [4.78, 5) is 28.7. The Morgan fingerprint density at radius 1 is 1.12 bits per heavy atom. The number of aromatic amines is 1. The molecule has 0 fully saturated rings. The van der Waals surface area contributed by atoms with E-state index in [1.807, 2.05) is 42.6 Å². The summed E-state index contributed by atoms with van der Waals surface area (Å²) in [6.07, 6.45) is 5.89. The van der Waals surface area contributed by atoms with Crippen LogP contribution >= 0.6 is 0 Å². The Morgan fingerprint density at radius 2 is 1.88 bits per heavy atom. The summed E-state index contributed by atoms with van der Waals surface area (Å²) in [7, 11) is 1.60. The van der Waals surface area contributed by atoms with Crippen molar-refractivity contribution in [1.29, 1.82) is 0 Å². The fourth-order valence-electron chi connectivity index (χ4n) is 4.29. The van der Waals surface area contributed by atoms with Crippen LogP contribution in [-0.4, -0.2) is 36.7 Å². The topological polar surface area (TPSA) is 92.5 Å². The number of fused-ring (bicyclic) bond motifs is 2. The van der Waals surface area contributed by atoms with Crippen molar-refractivity contribution >= 4 is 28.6 Å². The van der Waals surface area contributed by atoms with Gasteiger partial charge in [-0.1, -0.05) is 18.2 Å². The predicted molar refractivity (Wildman–Crippen MR) is 124 cm³/mol. The number of amides is 2. The van der Waals surface area contributed by atoms with Crippen LogP contribution in [0.1, 0.15) is 36.5 Å². The molecule has 0 saturated carbocycles. The van der Waals surface area contributed by atoms with Crippen LogP contribution in [0.2, 0.25) is 0 Å². The van der Waals surface area contributed by atoms with E-state index in [1.165, 1.54) is 11.1 Å². The first-order chi connectivity index (χ1) is 15.6. The van der Waals surface area contributed by atoms with Crippen LogP contribution in [0, 0.1) is 0 Å². The lowest BCUT2D eigenvalue weighted by atomic mass is 9.91. The van der Waals surface area contributed by atoms with Crippen molar-refractivity contribution in [3.05, 3.63) is 59.3 Å². The van der Waals surface area contributed by atoms with Crippen molar-refractivity contribution in [1.82, 2.24) is 10.3 Å². The van der Waals surface area contributed by atoms with Crippen molar-refractivity contribution in [2.24, 2.45) is 0 Å². The van der Waals surface area contributed by atoms with E-state index in [0.29, 0.717) is 17.9 Å². The number of hydrogen-bond donors (Lipinski definition) is 3. The second-order valence-electron chi connectivity index (χ2n) is 8.00. The largest absolute Gasteiger partial charge is 0.495 e. The van der Waals surface area contributed by atoms with E-state index in [2.05, 4.69) is 15.6 Å². The number of anilines is 1. The SMILES string of the molecule is CCOC(=O)N[C@H](Cc1c[nH]c2ccccc12)C(=O)Nc1cc2c(cc1OC)CCCC2. The smallest absolute Gasteiger partial charge is 0.407 e. The molecule has 0 bridgehead atoms. The molecule has 4 rings (SSSR count). The predicted octanol–water partition coefficient (Wildman–Crippen LogP) is 4.35. The third-order valence-electron chi connectivity index (χ3n) is 5.90. The van der Waals surface area contributed by atoms with Gasteiger partial charge < -0.3 is 25.1 Å². The van der Waals surface area contributed by atoms with E-state index < -0.39 is 12.1 Å². The van der Waals surface area contributed by atoms with E-state index in [-0.39, 0.29) is 12.5 Å². The number of aromatic nitrogens is 1. The monoisotopic (exact) mass is 435 g/mol. The highest BCUT2D eigenvalue weighted by Gasteiger charge is 2.25. The Balaban J connectivity index is 1.59. The summed E-state index contributed by atoms with van der Waals surface area (Å²) in [5.74, 6) is 0.304. The van der Waals surface area contributed by atoms with Gasteiger partial charge in [0.25, 0.3) is 0 Å². The molecule has 168 valence electrons. The molecular formula is C25H29N3O4. The molecule has 1 heterocycles. The van der Waals surface area contributed by atoms with Crippen molar-refractivity contribution in [3.63, 3.8) is 0 Å². The molecule has 7 nitrogen and oxygen atoms in total. The third kappa shape index (κ3) is 4.72. The lowest BCUT2D eigenvalue weighted by Gasteiger charge is -2.22. The van der Waals surface area contributed by atoms with Crippen LogP contribution in [0.15, 0.2) is 42.6 Å². The highest BCUT2D eigenvalue weighted by Crippen LogP contribution is 2.33. The summed E-state index contributed by atoms with van der Waals surface area (Å²) in [6.45, 7) is 1.96. The van der Waals surface area contributed by atoms with E-state index in [9.17, 15) is 9.59 Å². The number of H-pyrrole nitrogens is 1. The summed E-state index contributed by atoms with van der Waals surface area (Å²) < 4.78 is 10.6. The second kappa shape index (κ2) is 9.77. The molecule has 1 atom stereocenters. The third-order valence-corrected chi connectivity index (χ3v) is 5.90. The molecule has 7 heteroatoms. The first-order valence-electron chi connectivity index (χ1n) is 11.1. The van der Waals surface area contributed by atoms with Crippen molar-refractivity contribution < 1.29 is 19.1 Å². The molecule has 0 saturated heterocycles. The minimum atomic E-state index is -0.811. The van der Waals surface area contributed by atoms with E-state index >= 15 is 0 Å². The average molecular weight is 436 g/mol. The quantitative estimate of drug-likeness (QED) is 0.514. The standard InChI is InChI=1S/C25H29N3O4/c1-3-32-25(30)28-22(13-18-15-26-20-11-7-6-10-19(18)20)24(29)27-21-12-16-8-4-5-9-17(16)14-23(21)31-2/h6-7,10-12,14-15,22,26H,3-5,8-9,13H2,1-2H3,(H,27,29)(H,28,30)/t22-/m1/s1. The van der Waals surface area contributed by atoms with Gasteiger partial charge in [0.1, 0.15) is 11.8 Å². The molecule has 1 aromatic heterocycles. The van der Waals surface area contributed by atoms with Crippen LogP contribution in [-0.2, 0) is 28.8 Å². The van der Waals surface area contributed by atoms with Gasteiger partial charge in [-0.2, -0.15) is 0 Å². The Labute approximate surface area is 187 Å². The minimum Gasteiger partial charge on any atom is -0.495 e. The maximum absolute atomic E-state index is 13.3. The summed E-state index contributed by atoms with van der Waals surface area (Å²) in [5.41, 5.74) is 5.04. The maximum atomic E-state index is 13.3. The Hall–Kier alpha value is -3.48. The van der Waals surface area contributed by atoms with Crippen molar-refractivity contribution in [2.75, 3.05) is 19.0 Å². The molecule has 32 heavy (non-hydrogen) atoms. The van der Waals surface area contributed by atoms with Crippen molar-refractivity contribution in [2.45, 2.75) is 45.1 Å². The van der Waals surface area contributed by atoms with Gasteiger partial charge in [0.05, 0.1) is 19.4 Å². The summed E-state index contributed by atoms with van der Waals surface area (Å²) >= 11 is 0. The maximum Gasteiger partial charge on any atom is 0.407 e. The average Bonchev–Trinajstić information content (AvgIpc) is 3.21. The molecule has 1 aliphatic rings. The number of benzene rings is 2. The molecule has 0 spiro atoms. The highest BCUT2D eigenvalue weighted by atomic mass is 16.5. The Morgan fingerprint density at radius 3 is 2.62 bits per heavy atom.